The lowest BCUT2D eigenvalue weighted by Crippen LogP contribution is -1.93. The average molecular weight is 341 g/mol. The summed E-state index contributed by atoms with van der Waals surface area (Å²) < 4.78 is 1.12. The minimum absolute atomic E-state index is 0.00611. The average Bonchev–Trinajstić information content (AvgIpc) is 2.80. The molecule has 2 rings (SSSR count). The van der Waals surface area contributed by atoms with Crippen molar-refractivity contribution in [1.29, 1.82) is 0 Å². The van der Waals surface area contributed by atoms with E-state index in [1.54, 1.807) is 18.3 Å². The largest absolute Gasteiger partial charge is 0.289 e. The van der Waals surface area contributed by atoms with Gasteiger partial charge in [0.15, 0.2) is 5.78 Å². The second-order valence-corrected chi connectivity index (χ2v) is 5.25. The highest BCUT2D eigenvalue weighted by Gasteiger charge is 2.00. The van der Waals surface area contributed by atoms with Crippen LogP contribution in [0.2, 0.25) is 0 Å². The molecule has 2 aromatic rings. The monoisotopic (exact) mass is 341 g/mol. The first kappa shape index (κ1) is 11.5. The number of benzene rings is 1. The highest BCUT2D eigenvalue weighted by Crippen LogP contribution is 2.10. The summed E-state index contributed by atoms with van der Waals surface area (Å²) in [5, 5.41) is 2.73. The van der Waals surface area contributed by atoms with Gasteiger partial charge in [0, 0.05) is 20.7 Å². The Kier molecular flexibility index (Phi) is 3.84. The SMILES string of the molecule is O=C(/C=C/c1nccs1)c1ccc(I)cc1. The summed E-state index contributed by atoms with van der Waals surface area (Å²) in [6.07, 6.45) is 5.02. The summed E-state index contributed by atoms with van der Waals surface area (Å²) in [6.45, 7) is 0. The Labute approximate surface area is 111 Å². The molecule has 0 aliphatic carbocycles. The first-order valence-corrected chi connectivity index (χ1v) is 6.59. The van der Waals surface area contributed by atoms with Gasteiger partial charge in [0.05, 0.1) is 0 Å². The van der Waals surface area contributed by atoms with Crippen LogP contribution >= 0.6 is 33.9 Å². The number of nitrogens with zero attached hydrogens (tertiary/aromatic N) is 1. The Morgan fingerprint density at radius 2 is 2.06 bits per heavy atom. The molecule has 1 aromatic heterocycles. The van der Waals surface area contributed by atoms with Crippen LogP contribution in [0.25, 0.3) is 6.08 Å². The van der Waals surface area contributed by atoms with Gasteiger partial charge in [0.25, 0.3) is 0 Å². The molecule has 1 aromatic carbocycles. The molecule has 0 fully saturated rings. The number of halogens is 1. The van der Waals surface area contributed by atoms with Crippen LogP contribution in [0.4, 0.5) is 0 Å². The van der Waals surface area contributed by atoms with Gasteiger partial charge in [-0.15, -0.1) is 11.3 Å². The Balaban J connectivity index is 2.11. The van der Waals surface area contributed by atoms with E-state index in [-0.39, 0.29) is 5.78 Å². The van der Waals surface area contributed by atoms with Gasteiger partial charge in [-0.25, -0.2) is 4.98 Å². The Morgan fingerprint density at radius 1 is 1.31 bits per heavy atom. The molecule has 16 heavy (non-hydrogen) atoms. The fourth-order valence-electron chi connectivity index (χ4n) is 1.17. The summed E-state index contributed by atoms with van der Waals surface area (Å²) in [5.74, 6) is 0.00611. The van der Waals surface area contributed by atoms with E-state index in [4.69, 9.17) is 0 Å². The van der Waals surface area contributed by atoms with Gasteiger partial charge in [-0.3, -0.25) is 4.79 Å². The highest BCUT2D eigenvalue weighted by molar-refractivity contribution is 14.1. The summed E-state index contributed by atoms with van der Waals surface area (Å²) >= 11 is 3.72. The van der Waals surface area contributed by atoms with Crippen LogP contribution < -0.4 is 0 Å². The van der Waals surface area contributed by atoms with Gasteiger partial charge in [0.1, 0.15) is 5.01 Å². The molecular weight excluding hydrogens is 333 g/mol. The second-order valence-electron chi connectivity index (χ2n) is 3.07. The van der Waals surface area contributed by atoms with Gasteiger partial charge in [-0.1, -0.05) is 12.1 Å². The molecule has 0 bridgehead atoms. The molecule has 0 spiro atoms. The van der Waals surface area contributed by atoms with Crippen molar-refractivity contribution in [1.82, 2.24) is 4.98 Å². The van der Waals surface area contributed by atoms with Gasteiger partial charge in [-0.2, -0.15) is 0 Å². The van der Waals surface area contributed by atoms with Crippen LogP contribution in [0, 0.1) is 3.57 Å². The smallest absolute Gasteiger partial charge is 0.185 e. The highest BCUT2D eigenvalue weighted by atomic mass is 127. The predicted molar refractivity (Wildman–Crippen MR) is 74.6 cm³/mol. The van der Waals surface area contributed by atoms with Crippen molar-refractivity contribution in [3.05, 3.63) is 56.1 Å². The van der Waals surface area contributed by atoms with E-state index in [0.29, 0.717) is 5.56 Å². The Hall–Kier alpha value is -1.01. The van der Waals surface area contributed by atoms with Crippen LogP contribution in [0.1, 0.15) is 15.4 Å². The Bertz CT molecular complexity index is 502. The number of ketones is 1. The van der Waals surface area contributed by atoms with Crippen LogP contribution in [-0.4, -0.2) is 10.8 Å². The normalized spacial score (nSPS) is 10.8. The van der Waals surface area contributed by atoms with E-state index in [0.717, 1.165) is 8.58 Å². The van der Waals surface area contributed by atoms with Gasteiger partial charge in [-0.05, 0) is 46.9 Å². The van der Waals surface area contributed by atoms with Crippen molar-refractivity contribution < 1.29 is 4.79 Å². The van der Waals surface area contributed by atoms with Gasteiger partial charge in [0.2, 0.25) is 0 Å². The van der Waals surface area contributed by atoms with Crippen molar-refractivity contribution in [2.45, 2.75) is 0 Å². The topological polar surface area (TPSA) is 30.0 Å². The predicted octanol–water partition coefficient (Wildman–Crippen LogP) is 3.64. The maximum Gasteiger partial charge on any atom is 0.185 e. The van der Waals surface area contributed by atoms with Crippen molar-refractivity contribution in [3.63, 3.8) is 0 Å². The minimum atomic E-state index is 0.00611. The second kappa shape index (κ2) is 5.36. The van der Waals surface area contributed by atoms with Gasteiger partial charge >= 0.3 is 0 Å². The molecule has 1 heterocycles. The summed E-state index contributed by atoms with van der Waals surface area (Å²) in [4.78, 5) is 15.8. The fourth-order valence-corrected chi connectivity index (χ4v) is 2.06. The first-order valence-electron chi connectivity index (χ1n) is 4.63. The molecule has 0 radical (unpaired) electrons. The number of hydrogen-bond donors (Lipinski definition) is 0. The van der Waals surface area contributed by atoms with E-state index in [1.165, 1.54) is 11.3 Å². The van der Waals surface area contributed by atoms with Crippen LogP contribution in [0.5, 0.6) is 0 Å². The van der Waals surface area contributed by atoms with Crippen LogP contribution in [-0.2, 0) is 0 Å². The van der Waals surface area contributed by atoms with E-state index >= 15 is 0 Å². The molecule has 0 amide bonds. The number of thiazole rings is 1. The Morgan fingerprint density at radius 3 is 2.69 bits per heavy atom. The molecule has 0 atom stereocenters. The lowest BCUT2D eigenvalue weighted by molar-refractivity contribution is 0.104. The zero-order chi connectivity index (χ0) is 11.4. The maximum atomic E-state index is 11.7. The van der Waals surface area contributed by atoms with E-state index in [2.05, 4.69) is 27.6 Å². The molecule has 0 unspecified atom stereocenters. The van der Waals surface area contributed by atoms with Gasteiger partial charge < -0.3 is 0 Å². The number of carbonyl (C=O) groups is 1. The summed E-state index contributed by atoms with van der Waals surface area (Å²) in [7, 11) is 0. The number of aromatic nitrogens is 1. The third-order valence-electron chi connectivity index (χ3n) is 1.96. The molecule has 80 valence electrons. The summed E-state index contributed by atoms with van der Waals surface area (Å²) in [6, 6.07) is 7.50. The van der Waals surface area contributed by atoms with Crippen LogP contribution in [0.15, 0.2) is 41.9 Å². The molecule has 2 nitrogen and oxygen atoms in total. The first-order chi connectivity index (χ1) is 7.75. The molecule has 0 aliphatic heterocycles. The van der Waals surface area contributed by atoms with E-state index < -0.39 is 0 Å². The van der Waals surface area contributed by atoms with E-state index in [9.17, 15) is 4.79 Å². The molecule has 0 N–H and O–H groups in total. The van der Waals surface area contributed by atoms with E-state index in [1.807, 2.05) is 29.6 Å². The van der Waals surface area contributed by atoms with Crippen molar-refractivity contribution in [2.75, 3.05) is 0 Å². The maximum absolute atomic E-state index is 11.7. The molecule has 0 saturated carbocycles. The number of allylic oxidation sites excluding steroid dienone is 1. The molecule has 4 heteroatoms. The number of hydrogen-bond acceptors (Lipinski definition) is 3. The third kappa shape index (κ3) is 2.99. The third-order valence-corrected chi connectivity index (χ3v) is 3.42. The zero-order valence-corrected chi connectivity index (χ0v) is 11.2. The van der Waals surface area contributed by atoms with Crippen molar-refractivity contribution >= 4 is 45.8 Å². The number of rotatable bonds is 3. The van der Waals surface area contributed by atoms with Crippen LogP contribution in [0.3, 0.4) is 0 Å². The number of carbonyl (C=O) groups excluding carboxylic acids is 1. The van der Waals surface area contributed by atoms with Crippen molar-refractivity contribution in [3.8, 4) is 0 Å². The lowest BCUT2D eigenvalue weighted by atomic mass is 10.1. The standard InChI is InChI=1S/C12H8INOS/c13-10-3-1-9(2-4-10)11(15)5-6-12-14-7-8-16-12/h1-8H/b6-5+. The minimum Gasteiger partial charge on any atom is -0.289 e. The quantitative estimate of drug-likeness (QED) is 0.485. The zero-order valence-electron chi connectivity index (χ0n) is 8.26. The molecular formula is C12H8INOS. The molecule has 0 saturated heterocycles. The lowest BCUT2D eigenvalue weighted by Gasteiger charge is -1.95. The molecule has 0 aliphatic rings. The fraction of sp³-hybridized carbons (Fsp3) is 0. The summed E-state index contributed by atoms with van der Waals surface area (Å²) in [5.41, 5.74) is 0.702. The van der Waals surface area contributed by atoms with Crippen molar-refractivity contribution in [2.24, 2.45) is 0 Å².